The molecule has 0 saturated heterocycles. The molecule has 7 heteroatoms. The van der Waals surface area contributed by atoms with Gasteiger partial charge in [0.05, 0.1) is 5.69 Å². The molecule has 3 rings (SSSR count). The Kier molecular flexibility index (Phi) is 5.35. The number of aryl methyl sites for hydroxylation is 1. The third-order valence-corrected chi connectivity index (χ3v) is 5.21. The molecule has 0 saturated carbocycles. The van der Waals surface area contributed by atoms with E-state index in [9.17, 15) is 14.7 Å². The Morgan fingerprint density at radius 2 is 1.77 bits per heavy atom. The topological polar surface area (TPSA) is 79.3 Å². The fourth-order valence-corrected chi connectivity index (χ4v) is 3.55. The maximum absolute atomic E-state index is 12.6. The minimum Gasteiger partial charge on any atom is -0.479 e. The molecule has 1 heterocycles. The number of aromatic nitrogens is 1. The normalized spacial score (nSPS) is 11.8. The zero-order chi connectivity index (χ0) is 18.7. The average Bonchev–Trinajstić information content (AvgIpc) is 3.02. The van der Waals surface area contributed by atoms with Crippen molar-refractivity contribution in [1.29, 1.82) is 0 Å². The predicted molar refractivity (Wildman–Crippen MR) is 102 cm³/mol. The smallest absolute Gasteiger partial charge is 0.330 e. The van der Waals surface area contributed by atoms with Crippen molar-refractivity contribution in [2.24, 2.45) is 0 Å². The number of hydrogen-bond acceptors (Lipinski definition) is 4. The van der Waals surface area contributed by atoms with Gasteiger partial charge in [0.25, 0.3) is 5.91 Å². The Morgan fingerprint density at radius 1 is 1.12 bits per heavy atom. The van der Waals surface area contributed by atoms with Crippen LogP contribution in [-0.2, 0) is 4.79 Å². The average molecular weight is 387 g/mol. The first kappa shape index (κ1) is 18.1. The van der Waals surface area contributed by atoms with Crippen molar-refractivity contribution >= 4 is 34.8 Å². The number of benzene rings is 2. The van der Waals surface area contributed by atoms with Gasteiger partial charge >= 0.3 is 5.97 Å². The maximum Gasteiger partial charge on any atom is 0.330 e. The lowest BCUT2D eigenvalue weighted by Crippen LogP contribution is -2.33. The van der Waals surface area contributed by atoms with E-state index in [1.165, 1.54) is 11.3 Å². The molecule has 0 aliphatic rings. The molecular weight excluding hydrogens is 372 g/mol. The van der Waals surface area contributed by atoms with Crippen LogP contribution < -0.4 is 5.32 Å². The highest BCUT2D eigenvalue weighted by Crippen LogP contribution is 2.29. The van der Waals surface area contributed by atoms with Gasteiger partial charge in [-0.15, -0.1) is 11.3 Å². The van der Waals surface area contributed by atoms with E-state index in [-0.39, 0.29) is 0 Å². The number of halogens is 1. The van der Waals surface area contributed by atoms with E-state index in [0.717, 1.165) is 5.56 Å². The lowest BCUT2D eigenvalue weighted by molar-refractivity contribution is -0.139. The molecule has 0 bridgehead atoms. The van der Waals surface area contributed by atoms with Crippen LogP contribution in [0.2, 0.25) is 5.02 Å². The highest BCUT2D eigenvalue weighted by molar-refractivity contribution is 7.17. The minimum absolute atomic E-state index is 0.386. The van der Waals surface area contributed by atoms with Gasteiger partial charge in [0.1, 0.15) is 9.88 Å². The fraction of sp³-hybridized carbons (Fsp3) is 0.105. The van der Waals surface area contributed by atoms with Crippen LogP contribution in [-0.4, -0.2) is 22.0 Å². The highest BCUT2D eigenvalue weighted by Gasteiger charge is 2.25. The largest absolute Gasteiger partial charge is 0.479 e. The van der Waals surface area contributed by atoms with E-state index in [1.807, 2.05) is 12.1 Å². The van der Waals surface area contributed by atoms with Crippen LogP contribution in [0.5, 0.6) is 0 Å². The Hall–Kier alpha value is -2.70. The molecule has 2 N–H and O–H groups in total. The number of nitrogens with zero attached hydrogens (tertiary/aromatic N) is 1. The zero-order valence-electron chi connectivity index (χ0n) is 13.8. The molecule has 0 aliphatic heterocycles. The summed E-state index contributed by atoms with van der Waals surface area (Å²) >= 11 is 7.11. The molecule has 132 valence electrons. The quantitative estimate of drug-likeness (QED) is 0.684. The maximum atomic E-state index is 12.6. The van der Waals surface area contributed by atoms with Crippen LogP contribution in [0, 0.1) is 6.92 Å². The second kappa shape index (κ2) is 7.68. The first-order chi connectivity index (χ1) is 12.5. The monoisotopic (exact) mass is 386 g/mol. The lowest BCUT2D eigenvalue weighted by atomic mass is 10.1. The van der Waals surface area contributed by atoms with Crippen molar-refractivity contribution in [3.8, 4) is 10.6 Å². The Balaban J connectivity index is 1.85. The second-order valence-corrected chi connectivity index (χ2v) is 7.03. The van der Waals surface area contributed by atoms with E-state index in [0.29, 0.717) is 26.2 Å². The van der Waals surface area contributed by atoms with E-state index >= 15 is 0 Å². The van der Waals surface area contributed by atoms with Gasteiger partial charge in [-0.1, -0.05) is 54.1 Å². The standard InChI is InChI=1S/C19H15ClN2O3S/c1-11-16(26-18(21-11)13-7-9-14(20)10-8-13)17(23)22-15(19(24)25)12-5-3-2-4-6-12/h2-10,15H,1H3,(H,22,23)(H,24,25)/t15-/m0/s1. The zero-order valence-corrected chi connectivity index (χ0v) is 15.3. The molecule has 2 aromatic carbocycles. The SMILES string of the molecule is Cc1nc(-c2ccc(Cl)cc2)sc1C(=O)N[C@H](C(=O)O)c1ccccc1. The van der Waals surface area contributed by atoms with Crippen molar-refractivity contribution in [3.63, 3.8) is 0 Å². The van der Waals surface area contributed by atoms with Crippen molar-refractivity contribution in [2.45, 2.75) is 13.0 Å². The van der Waals surface area contributed by atoms with Gasteiger partial charge in [-0.25, -0.2) is 9.78 Å². The van der Waals surface area contributed by atoms with Crippen LogP contribution in [0.1, 0.15) is 27.0 Å². The van der Waals surface area contributed by atoms with Gasteiger partial charge in [0.15, 0.2) is 6.04 Å². The van der Waals surface area contributed by atoms with E-state index < -0.39 is 17.9 Å². The lowest BCUT2D eigenvalue weighted by Gasteiger charge is -2.14. The number of carboxylic acids is 1. The summed E-state index contributed by atoms with van der Waals surface area (Å²) in [5.74, 6) is -1.58. The van der Waals surface area contributed by atoms with Gasteiger partial charge in [0, 0.05) is 10.6 Å². The molecule has 0 spiro atoms. The molecule has 0 radical (unpaired) electrons. The van der Waals surface area contributed by atoms with Crippen molar-refractivity contribution < 1.29 is 14.7 Å². The number of amides is 1. The van der Waals surface area contributed by atoms with E-state index in [1.54, 1.807) is 49.4 Å². The first-order valence-electron chi connectivity index (χ1n) is 7.77. The number of carbonyl (C=O) groups is 2. The number of carboxylic acid groups (broad SMARTS) is 1. The van der Waals surface area contributed by atoms with E-state index in [2.05, 4.69) is 10.3 Å². The number of rotatable bonds is 5. The molecule has 1 atom stereocenters. The van der Waals surface area contributed by atoms with Crippen LogP contribution in [0.3, 0.4) is 0 Å². The molecular formula is C19H15ClN2O3S. The highest BCUT2D eigenvalue weighted by atomic mass is 35.5. The summed E-state index contributed by atoms with van der Waals surface area (Å²) in [4.78, 5) is 29.0. The summed E-state index contributed by atoms with van der Waals surface area (Å²) in [6, 6.07) is 14.6. The van der Waals surface area contributed by atoms with Crippen molar-refractivity contribution in [1.82, 2.24) is 10.3 Å². The second-order valence-electron chi connectivity index (χ2n) is 5.60. The van der Waals surface area contributed by atoms with Crippen molar-refractivity contribution in [3.05, 3.63) is 75.8 Å². The summed E-state index contributed by atoms with van der Waals surface area (Å²) in [6.45, 7) is 1.73. The summed E-state index contributed by atoms with van der Waals surface area (Å²) in [6.07, 6.45) is 0. The van der Waals surface area contributed by atoms with Crippen LogP contribution in [0.4, 0.5) is 0 Å². The predicted octanol–water partition coefficient (Wildman–Crippen LogP) is 4.33. The molecule has 1 aromatic heterocycles. The van der Waals surface area contributed by atoms with Crippen LogP contribution >= 0.6 is 22.9 Å². The molecule has 3 aromatic rings. The molecule has 26 heavy (non-hydrogen) atoms. The summed E-state index contributed by atoms with van der Waals surface area (Å²) in [5, 5.41) is 13.3. The number of hydrogen-bond donors (Lipinski definition) is 2. The van der Waals surface area contributed by atoms with Crippen LogP contribution in [0.25, 0.3) is 10.6 Å². The van der Waals surface area contributed by atoms with E-state index in [4.69, 9.17) is 11.6 Å². The summed E-state index contributed by atoms with van der Waals surface area (Å²) < 4.78 is 0. The molecule has 1 amide bonds. The first-order valence-corrected chi connectivity index (χ1v) is 8.97. The van der Waals surface area contributed by atoms with Gasteiger partial charge in [-0.2, -0.15) is 0 Å². The number of aliphatic carboxylic acids is 1. The number of carbonyl (C=O) groups excluding carboxylic acids is 1. The molecule has 5 nitrogen and oxygen atoms in total. The third kappa shape index (κ3) is 3.92. The third-order valence-electron chi connectivity index (χ3n) is 3.75. The molecule has 0 fully saturated rings. The summed E-state index contributed by atoms with van der Waals surface area (Å²) in [7, 11) is 0. The van der Waals surface area contributed by atoms with Gasteiger partial charge < -0.3 is 10.4 Å². The minimum atomic E-state index is -1.12. The van der Waals surface area contributed by atoms with Gasteiger partial charge in [-0.05, 0) is 24.6 Å². The van der Waals surface area contributed by atoms with Gasteiger partial charge in [-0.3, -0.25) is 4.79 Å². The summed E-state index contributed by atoms with van der Waals surface area (Å²) in [5.41, 5.74) is 1.91. The Labute approximate surface area is 159 Å². The van der Waals surface area contributed by atoms with Crippen molar-refractivity contribution in [2.75, 3.05) is 0 Å². The Morgan fingerprint density at radius 3 is 2.38 bits per heavy atom. The molecule has 0 aliphatic carbocycles. The number of thiazole rings is 1. The number of nitrogens with one attached hydrogen (secondary N) is 1. The fourth-order valence-electron chi connectivity index (χ4n) is 2.45. The van der Waals surface area contributed by atoms with Crippen LogP contribution in [0.15, 0.2) is 54.6 Å². The van der Waals surface area contributed by atoms with Gasteiger partial charge in [0.2, 0.25) is 0 Å². The Bertz CT molecular complexity index is 939. The molecule has 0 unspecified atom stereocenters.